The fourth-order valence-electron chi connectivity index (χ4n) is 2.31. The molecule has 0 spiro atoms. The van der Waals surface area contributed by atoms with Gasteiger partial charge in [0, 0.05) is 39.0 Å². The number of hydrogen-bond donors (Lipinski definition) is 1. The topological polar surface area (TPSA) is 105 Å². The molecule has 0 atom stereocenters. The van der Waals surface area contributed by atoms with Crippen molar-refractivity contribution in [2.45, 2.75) is 32.2 Å². The van der Waals surface area contributed by atoms with Crippen LogP contribution in [0.5, 0.6) is 0 Å². The van der Waals surface area contributed by atoms with Crippen molar-refractivity contribution in [3.63, 3.8) is 0 Å². The van der Waals surface area contributed by atoms with Crippen LogP contribution in [-0.4, -0.2) is 42.5 Å². The number of nitrogens with zero attached hydrogens (tertiary/aromatic N) is 3. The van der Waals surface area contributed by atoms with Crippen LogP contribution in [0.3, 0.4) is 0 Å². The van der Waals surface area contributed by atoms with Gasteiger partial charge in [-0.3, -0.25) is 9.78 Å². The number of nitrogens with one attached hydrogen (secondary N) is 1. The third-order valence-electron chi connectivity index (χ3n) is 3.45. The van der Waals surface area contributed by atoms with E-state index in [0.717, 1.165) is 5.56 Å². The molecule has 0 saturated heterocycles. The largest absolute Gasteiger partial charge is 0.360 e. The van der Waals surface area contributed by atoms with Gasteiger partial charge in [-0.1, -0.05) is 11.2 Å². The molecule has 0 saturated carbocycles. The summed E-state index contributed by atoms with van der Waals surface area (Å²) in [6.07, 6.45) is 3.32. The van der Waals surface area contributed by atoms with Crippen molar-refractivity contribution in [1.82, 2.24) is 19.8 Å². The molecule has 24 heavy (non-hydrogen) atoms. The molecule has 0 aliphatic rings. The van der Waals surface area contributed by atoms with E-state index in [4.69, 9.17) is 4.52 Å². The molecule has 8 nitrogen and oxygen atoms in total. The number of carbonyl (C=O) groups excluding carboxylic acids is 1. The average molecular weight is 352 g/mol. The quantitative estimate of drug-likeness (QED) is 0.797. The van der Waals surface area contributed by atoms with Crippen molar-refractivity contribution in [2.75, 3.05) is 13.1 Å². The van der Waals surface area contributed by atoms with E-state index < -0.39 is 10.0 Å². The summed E-state index contributed by atoms with van der Waals surface area (Å²) in [5.74, 6) is 0.0918. The maximum Gasteiger partial charge on any atom is 0.246 e. The molecular weight excluding hydrogens is 332 g/mol. The Bertz CT molecular complexity index is 783. The van der Waals surface area contributed by atoms with Crippen LogP contribution in [-0.2, 0) is 21.4 Å². The van der Waals surface area contributed by atoms with Crippen LogP contribution >= 0.6 is 0 Å². The van der Waals surface area contributed by atoms with Gasteiger partial charge < -0.3 is 9.42 Å². The highest BCUT2D eigenvalue weighted by atomic mass is 32.2. The van der Waals surface area contributed by atoms with Crippen molar-refractivity contribution in [2.24, 2.45) is 0 Å². The molecule has 130 valence electrons. The van der Waals surface area contributed by atoms with Crippen LogP contribution in [0.4, 0.5) is 0 Å². The lowest BCUT2D eigenvalue weighted by molar-refractivity contribution is -0.129. The maximum atomic E-state index is 12.3. The summed E-state index contributed by atoms with van der Waals surface area (Å²) in [6.45, 7) is 5.25. The van der Waals surface area contributed by atoms with E-state index in [2.05, 4.69) is 14.9 Å². The molecule has 2 rings (SSSR count). The van der Waals surface area contributed by atoms with E-state index in [1.807, 2.05) is 6.07 Å². The Morgan fingerprint density at radius 2 is 2.12 bits per heavy atom. The Morgan fingerprint density at radius 3 is 2.67 bits per heavy atom. The number of carbonyl (C=O) groups is 1. The van der Waals surface area contributed by atoms with Crippen LogP contribution in [0.2, 0.25) is 0 Å². The van der Waals surface area contributed by atoms with Gasteiger partial charge in [-0.15, -0.1) is 0 Å². The SMILES string of the molecule is CC(=O)N(CCNS(=O)(=O)c1c(C)noc1C)Cc1cccnc1. The molecule has 0 aliphatic carbocycles. The minimum atomic E-state index is -3.73. The normalized spacial score (nSPS) is 11.5. The lowest BCUT2D eigenvalue weighted by Crippen LogP contribution is -2.37. The van der Waals surface area contributed by atoms with Gasteiger partial charge in [0.1, 0.15) is 10.6 Å². The van der Waals surface area contributed by atoms with Crippen LogP contribution in [0, 0.1) is 13.8 Å². The maximum absolute atomic E-state index is 12.3. The number of aromatic nitrogens is 2. The molecule has 1 N–H and O–H groups in total. The zero-order chi connectivity index (χ0) is 17.7. The van der Waals surface area contributed by atoms with Crippen LogP contribution in [0.25, 0.3) is 0 Å². The van der Waals surface area contributed by atoms with Crippen molar-refractivity contribution in [1.29, 1.82) is 0 Å². The number of hydrogen-bond acceptors (Lipinski definition) is 6. The first-order valence-electron chi connectivity index (χ1n) is 7.38. The first kappa shape index (κ1) is 18.1. The van der Waals surface area contributed by atoms with E-state index in [0.29, 0.717) is 12.2 Å². The Kier molecular flexibility index (Phi) is 5.68. The summed E-state index contributed by atoms with van der Waals surface area (Å²) in [5.41, 5.74) is 1.18. The molecule has 1 amide bonds. The first-order chi connectivity index (χ1) is 11.3. The summed E-state index contributed by atoms with van der Waals surface area (Å²) in [5, 5.41) is 3.64. The molecular formula is C15H20N4O4S. The average Bonchev–Trinajstić information content (AvgIpc) is 2.86. The Morgan fingerprint density at radius 1 is 1.38 bits per heavy atom. The van der Waals surface area contributed by atoms with Crippen molar-refractivity contribution < 1.29 is 17.7 Å². The molecule has 0 aromatic carbocycles. The summed E-state index contributed by atoms with van der Waals surface area (Å²) < 4.78 is 32.0. The second kappa shape index (κ2) is 7.54. The molecule has 0 aliphatic heterocycles. The van der Waals surface area contributed by atoms with Gasteiger partial charge in [0.25, 0.3) is 0 Å². The van der Waals surface area contributed by atoms with Gasteiger partial charge in [0.2, 0.25) is 15.9 Å². The van der Waals surface area contributed by atoms with Gasteiger partial charge >= 0.3 is 0 Å². The molecule has 2 aromatic rings. The molecule has 2 heterocycles. The highest BCUT2D eigenvalue weighted by Crippen LogP contribution is 2.18. The van der Waals surface area contributed by atoms with Crippen molar-refractivity contribution in [3.05, 3.63) is 41.5 Å². The molecule has 0 unspecified atom stereocenters. The van der Waals surface area contributed by atoms with Crippen molar-refractivity contribution >= 4 is 15.9 Å². The standard InChI is InChI=1S/C15H20N4O4S/c1-11-15(12(2)23-18-11)24(21,22)17-7-8-19(13(3)20)10-14-5-4-6-16-9-14/h4-6,9,17H,7-8,10H2,1-3H3. The van der Waals surface area contributed by atoms with Gasteiger partial charge in [0.15, 0.2) is 5.76 Å². The van der Waals surface area contributed by atoms with Crippen LogP contribution < -0.4 is 4.72 Å². The summed E-state index contributed by atoms with van der Waals surface area (Å²) in [7, 11) is -3.73. The van der Waals surface area contributed by atoms with E-state index in [1.165, 1.54) is 6.92 Å². The van der Waals surface area contributed by atoms with Crippen molar-refractivity contribution in [3.8, 4) is 0 Å². The molecule has 9 heteroatoms. The second-order valence-electron chi connectivity index (χ2n) is 5.35. The highest BCUT2D eigenvalue weighted by molar-refractivity contribution is 7.89. The fraction of sp³-hybridized carbons (Fsp3) is 0.400. The minimum absolute atomic E-state index is 0.0455. The Hall–Kier alpha value is -2.26. The minimum Gasteiger partial charge on any atom is -0.360 e. The van der Waals surface area contributed by atoms with Crippen LogP contribution in [0.1, 0.15) is 23.9 Å². The number of pyridine rings is 1. The third kappa shape index (κ3) is 4.39. The fourth-order valence-corrected chi connectivity index (χ4v) is 3.65. The van der Waals surface area contributed by atoms with Gasteiger partial charge in [-0.2, -0.15) is 0 Å². The Balaban J connectivity index is 1.99. The number of sulfonamides is 1. The zero-order valence-electron chi connectivity index (χ0n) is 13.8. The highest BCUT2D eigenvalue weighted by Gasteiger charge is 2.24. The predicted molar refractivity (Wildman–Crippen MR) is 86.5 cm³/mol. The van der Waals surface area contributed by atoms with E-state index in [-0.39, 0.29) is 29.7 Å². The van der Waals surface area contributed by atoms with E-state index >= 15 is 0 Å². The number of rotatable bonds is 7. The molecule has 0 bridgehead atoms. The lowest BCUT2D eigenvalue weighted by atomic mass is 10.2. The summed E-state index contributed by atoms with van der Waals surface area (Å²) in [4.78, 5) is 17.3. The predicted octanol–water partition coefficient (Wildman–Crippen LogP) is 1.01. The second-order valence-corrected chi connectivity index (χ2v) is 7.06. The van der Waals surface area contributed by atoms with Gasteiger partial charge in [0.05, 0.1) is 0 Å². The molecule has 0 fully saturated rings. The van der Waals surface area contributed by atoms with Gasteiger partial charge in [-0.25, -0.2) is 13.1 Å². The summed E-state index contributed by atoms with van der Waals surface area (Å²) >= 11 is 0. The summed E-state index contributed by atoms with van der Waals surface area (Å²) in [6, 6.07) is 3.64. The monoisotopic (exact) mass is 352 g/mol. The Labute approximate surface area is 140 Å². The smallest absolute Gasteiger partial charge is 0.246 e. The third-order valence-corrected chi connectivity index (χ3v) is 5.16. The van der Waals surface area contributed by atoms with Gasteiger partial charge in [-0.05, 0) is 25.5 Å². The number of amides is 1. The first-order valence-corrected chi connectivity index (χ1v) is 8.86. The van der Waals surface area contributed by atoms with Crippen LogP contribution in [0.15, 0.2) is 33.9 Å². The molecule has 2 aromatic heterocycles. The van der Waals surface area contributed by atoms with E-state index in [9.17, 15) is 13.2 Å². The molecule has 0 radical (unpaired) electrons. The van der Waals surface area contributed by atoms with E-state index in [1.54, 1.807) is 37.2 Å². The number of aryl methyl sites for hydroxylation is 2. The zero-order valence-corrected chi connectivity index (χ0v) is 14.6. The lowest BCUT2D eigenvalue weighted by Gasteiger charge is -2.21.